The van der Waals surface area contributed by atoms with Gasteiger partial charge in [0.15, 0.2) is 0 Å². The van der Waals surface area contributed by atoms with Gasteiger partial charge in [0.2, 0.25) is 5.91 Å². The van der Waals surface area contributed by atoms with Crippen LogP contribution in [0.1, 0.15) is 27.7 Å². The van der Waals surface area contributed by atoms with E-state index in [0.29, 0.717) is 10.6 Å². The lowest BCUT2D eigenvalue weighted by atomic mass is 10.0. The van der Waals surface area contributed by atoms with Crippen LogP contribution in [-0.2, 0) is 22.6 Å². The second-order valence-electron chi connectivity index (χ2n) is 5.94. The Morgan fingerprint density at radius 2 is 1.76 bits per heavy atom. The number of carbonyl (C=O) groups is 3. The Bertz CT molecular complexity index is 898. The molecule has 0 aliphatic carbocycles. The first kappa shape index (κ1) is 22.4. The summed E-state index contributed by atoms with van der Waals surface area (Å²) in [5, 5.41) is 16.7. The van der Waals surface area contributed by atoms with Crippen LogP contribution in [0.5, 0.6) is 0 Å². The lowest BCUT2D eigenvalue weighted by Gasteiger charge is -2.14. The van der Waals surface area contributed by atoms with Crippen LogP contribution >= 0.6 is 11.3 Å². The Balaban J connectivity index is 0.000000370. The molecule has 0 atom stereocenters. The van der Waals surface area contributed by atoms with Crippen molar-refractivity contribution < 1.29 is 32.7 Å². The maximum atomic E-state index is 12.7. The van der Waals surface area contributed by atoms with Gasteiger partial charge >= 0.3 is 12.1 Å². The Hall–Kier alpha value is -2.92. The number of benzene rings is 1. The van der Waals surface area contributed by atoms with E-state index in [1.165, 1.54) is 18.3 Å². The van der Waals surface area contributed by atoms with Crippen molar-refractivity contribution in [1.82, 2.24) is 5.32 Å². The molecule has 0 spiro atoms. The van der Waals surface area contributed by atoms with Crippen molar-refractivity contribution in [2.45, 2.75) is 26.1 Å². The molecule has 7 nitrogen and oxygen atoms in total. The predicted molar refractivity (Wildman–Crippen MR) is 102 cm³/mol. The second kappa shape index (κ2) is 9.52. The molecule has 0 bridgehead atoms. The number of anilines is 2. The van der Waals surface area contributed by atoms with Gasteiger partial charge in [0, 0.05) is 24.0 Å². The average molecular weight is 429 g/mol. The number of fused-ring (bicyclic) bond motifs is 1. The quantitative estimate of drug-likeness (QED) is 0.599. The molecule has 0 saturated heterocycles. The summed E-state index contributed by atoms with van der Waals surface area (Å²) in [5.41, 5.74) is 2.39. The molecule has 1 aliphatic heterocycles. The molecule has 0 unspecified atom stereocenters. The third-order valence-electron chi connectivity index (χ3n) is 3.72. The third-order valence-corrected chi connectivity index (χ3v) is 4.87. The predicted octanol–water partition coefficient (Wildman–Crippen LogP) is 3.24. The molecule has 0 radical (unpaired) electrons. The summed E-state index contributed by atoms with van der Waals surface area (Å²) in [5.74, 6) is -3.10. The number of hydrogen-bond acceptors (Lipinski definition) is 5. The maximum Gasteiger partial charge on any atom is 0.490 e. The summed E-state index contributed by atoms with van der Waals surface area (Å²) >= 11 is 1.47. The highest BCUT2D eigenvalue weighted by atomic mass is 32.1. The van der Waals surface area contributed by atoms with Crippen LogP contribution < -0.4 is 16.0 Å². The van der Waals surface area contributed by atoms with Crippen LogP contribution in [0, 0.1) is 0 Å². The maximum absolute atomic E-state index is 12.7. The molecular formula is C18H18F3N3O4S. The topological polar surface area (TPSA) is 108 Å². The Morgan fingerprint density at radius 1 is 1.14 bits per heavy atom. The molecule has 2 amide bonds. The molecule has 4 N–H and O–H groups in total. The SMILES string of the molecule is CC(=O)Nc1sc2c(c1C(=O)Nc1ccccc1)CCNC2.O=C(O)C(F)(F)F. The number of para-hydroxylation sites is 1. The van der Waals surface area contributed by atoms with Crippen molar-refractivity contribution in [3.8, 4) is 0 Å². The number of alkyl halides is 3. The van der Waals surface area contributed by atoms with Crippen molar-refractivity contribution in [2.24, 2.45) is 0 Å². The lowest BCUT2D eigenvalue weighted by Crippen LogP contribution is -2.24. The Kier molecular flexibility index (Phi) is 7.35. The van der Waals surface area contributed by atoms with E-state index in [9.17, 15) is 22.8 Å². The lowest BCUT2D eigenvalue weighted by molar-refractivity contribution is -0.192. The van der Waals surface area contributed by atoms with Crippen molar-refractivity contribution in [2.75, 3.05) is 17.2 Å². The summed E-state index contributed by atoms with van der Waals surface area (Å²) in [6.07, 6.45) is -4.29. The fourth-order valence-electron chi connectivity index (χ4n) is 2.54. The highest BCUT2D eigenvalue weighted by Gasteiger charge is 2.38. The van der Waals surface area contributed by atoms with Crippen LogP contribution in [0.4, 0.5) is 23.9 Å². The standard InChI is InChI=1S/C16H17N3O2S.C2HF3O2/c1-10(20)18-16-14(12-7-8-17-9-13(12)22-16)15(21)19-11-5-3-2-4-6-11;3-2(4,5)1(6)7/h2-6,17H,7-9H2,1H3,(H,18,20)(H,19,21);(H,6,7). The van der Waals surface area contributed by atoms with E-state index in [2.05, 4.69) is 16.0 Å². The van der Waals surface area contributed by atoms with Gasteiger partial charge in [-0.3, -0.25) is 9.59 Å². The van der Waals surface area contributed by atoms with Gasteiger partial charge in [-0.2, -0.15) is 13.2 Å². The third kappa shape index (κ3) is 6.29. The van der Waals surface area contributed by atoms with Gasteiger partial charge in [-0.1, -0.05) is 18.2 Å². The molecule has 3 rings (SSSR count). The summed E-state index contributed by atoms with van der Waals surface area (Å²) in [7, 11) is 0. The van der Waals surface area contributed by atoms with Gasteiger partial charge in [-0.15, -0.1) is 11.3 Å². The molecule has 2 aromatic rings. The monoisotopic (exact) mass is 429 g/mol. The van der Waals surface area contributed by atoms with Gasteiger partial charge < -0.3 is 21.1 Å². The number of hydrogen-bond donors (Lipinski definition) is 4. The van der Waals surface area contributed by atoms with Crippen molar-refractivity contribution in [1.29, 1.82) is 0 Å². The number of rotatable bonds is 3. The number of nitrogens with one attached hydrogen (secondary N) is 3. The molecule has 1 aliphatic rings. The first-order valence-electron chi connectivity index (χ1n) is 8.39. The highest BCUT2D eigenvalue weighted by Crippen LogP contribution is 2.35. The number of carboxylic acids is 1. The zero-order valence-electron chi connectivity index (χ0n) is 15.2. The van der Waals surface area contributed by atoms with E-state index in [4.69, 9.17) is 9.90 Å². The fraction of sp³-hybridized carbons (Fsp3) is 0.278. The van der Waals surface area contributed by atoms with E-state index < -0.39 is 12.1 Å². The number of thiophene rings is 1. The molecular weight excluding hydrogens is 411 g/mol. The minimum Gasteiger partial charge on any atom is -0.475 e. The number of amides is 2. The van der Waals surface area contributed by atoms with Gasteiger partial charge in [-0.05, 0) is 30.7 Å². The molecule has 1 aromatic carbocycles. The molecule has 11 heteroatoms. The number of carboxylic acid groups (broad SMARTS) is 1. The van der Waals surface area contributed by atoms with Gasteiger partial charge in [0.25, 0.3) is 5.91 Å². The van der Waals surface area contributed by atoms with Crippen LogP contribution in [0.15, 0.2) is 30.3 Å². The summed E-state index contributed by atoms with van der Waals surface area (Å²) in [4.78, 5) is 34.1. The number of aliphatic carboxylic acids is 1. The number of carbonyl (C=O) groups excluding carboxylic acids is 2. The van der Waals surface area contributed by atoms with E-state index in [1.54, 1.807) is 0 Å². The van der Waals surface area contributed by atoms with Gasteiger partial charge in [0.05, 0.1) is 5.56 Å². The molecule has 0 fully saturated rings. The van der Waals surface area contributed by atoms with Crippen LogP contribution in [-0.4, -0.2) is 35.6 Å². The van der Waals surface area contributed by atoms with E-state index >= 15 is 0 Å². The molecule has 2 heterocycles. The normalized spacial score (nSPS) is 12.8. The van der Waals surface area contributed by atoms with E-state index in [1.807, 2.05) is 30.3 Å². The largest absolute Gasteiger partial charge is 0.490 e. The summed E-state index contributed by atoms with van der Waals surface area (Å²) < 4.78 is 31.7. The smallest absolute Gasteiger partial charge is 0.475 e. The van der Waals surface area contributed by atoms with Crippen LogP contribution in [0.25, 0.3) is 0 Å². The number of halogens is 3. The van der Waals surface area contributed by atoms with Crippen LogP contribution in [0.3, 0.4) is 0 Å². The summed E-state index contributed by atoms with van der Waals surface area (Å²) in [6, 6.07) is 9.33. The van der Waals surface area contributed by atoms with E-state index in [-0.39, 0.29) is 11.8 Å². The van der Waals surface area contributed by atoms with E-state index in [0.717, 1.165) is 35.6 Å². The Morgan fingerprint density at radius 3 is 2.31 bits per heavy atom. The minimum atomic E-state index is -5.08. The van der Waals surface area contributed by atoms with Crippen molar-refractivity contribution >= 4 is 39.8 Å². The highest BCUT2D eigenvalue weighted by molar-refractivity contribution is 7.17. The fourth-order valence-corrected chi connectivity index (χ4v) is 3.80. The van der Waals surface area contributed by atoms with Crippen molar-refractivity contribution in [3.05, 3.63) is 46.3 Å². The zero-order valence-corrected chi connectivity index (χ0v) is 16.0. The molecule has 1 aromatic heterocycles. The van der Waals surface area contributed by atoms with Gasteiger partial charge in [-0.25, -0.2) is 4.79 Å². The van der Waals surface area contributed by atoms with Gasteiger partial charge in [0.1, 0.15) is 5.00 Å². The molecule has 156 valence electrons. The van der Waals surface area contributed by atoms with Crippen LogP contribution in [0.2, 0.25) is 0 Å². The Labute approximate surface area is 167 Å². The molecule has 0 saturated carbocycles. The minimum absolute atomic E-state index is 0.166. The second-order valence-corrected chi connectivity index (χ2v) is 7.04. The summed E-state index contributed by atoms with van der Waals surface area (Å²) in [6.45, 7) is 3.04. The first-order chi connectivity index (χ1) is 13.6. The van der Waals surface area contributed by atoms with Crippen molar-refractivity contribution in [3.63, 3.8) is 0 Å². The average Bonchev–Trinajstić information content (AvgIpc) is 2.99. The first-order valence-corrected chi connectivity index (χ1v) is 9.20. The zero-order chi connectivity index (χ0) is 21.6. The molecule has 29 heavy (non-hydrogen) atoms.